The molecule has 0 aliphatic carbocycles. The second-order valence-corrected chi connectivity index (χ2v) is 6.66. The Morgan fingerprint density at radius 1 is 1.28 bits per heavy atom. The van der Waals surface area contributed by atoms with Gasteiger partial charge in [-0.05, 0) is 52.4 Å². The molecule has 0 fully saturated rings. The maximum Gasteiger partial charge on any atom is 0.234 e. The van der Waals surface area contributed by atoms with E-state index in [1.807, 2.05) is 32.9 Å². The Morgan fingerprint density at radius 2 is 2.04 bits per heavy atom. The molecule has 0 saturated carbocycles. The summed E-state index contributed by atoms with van der Waals surface area (Å²) >= 11 is 0. The Morgan fingerprint density at radius 3 is 2.68 bits per heavy atom. The molecule has 0 radical (unpaired) electrons. The molecule has 7 heteroatoms. The number of allylic oxidation sites excluding steroid dienone is 4. The highest BCUT2D eigenvalue weighted by atomic mass is 31.1. The van der Waals surface area contributed by atoms with Crippen molar-refractivity contribution in [3.63, 3.8) is 0 Å². The second kappa shape index (κ2) is 16.1. The summed E-state index contributed by atoms with van der Waals surface area (Å²) in [6.07, 6.45) is 7.07. The summed E-state index contributed by atoms with van der Waals surface area (Å²) in [6, 6.07) is 0. The molecule has 0 saturated heterocycles. The molecule has 0 rings (SSSR count). The van der Waals surface area contributed by atoms with Crippen LogP contribution in [0.3, 0.4) is 0 Å². The number of alkyl halides is 1. The van der Waals surface area contributed by atoms with E-state index in [4.69, 9.17) is 0 Å². The van der Waals surface area contributed by atoms with Crippen LogP contribution in [0.5, 0.6) is 0 Å². The van der Waals surface area contributed by atoms with Gasteiger partial charge in [0.25, 0.3) is 0 Å². The summed E-state index contributed by atoms with van der Waals surface area (Å²) in [7, 11) is 0.688. The first kappa shape index (κ1) is 23.6. The van der Waals surface area contributed by atoms with Gasteiger partial charge in [-0.2, -0.15) is 0 Å². The number of amides is 1. The van der Waals surface area contributed by atoms with Gasteiger partial charge in [-0.15, -0.1) is 0 Å². The van der Waals surface area contributed by atoms with Gasteiger partial charge < -0.3 is 10.6 Å². The van der Waals surface area contributed by atoms with Crippen LogP contribution in [0.4, 0.5) is 4.39 Å². The number of halogens is 1. The van der Waals surface area contributed by atoms with E-state index < -0.39 is 6.67 Å². The lowest BCUT2D eigenvalue weighted by Gasteiger charge is -2.06. The van der Waals surface area contributed by atoms with Crippen molar-refractivity contribution in [2.45, 2.75) is 33.6 Å². The number of rotatable bonds is 12. The number of carbonyl (C=O) groups excluding carboxylic acids is 1. The summed E-state index contributed by atoms with van der Waals surface area (Å²) < 4.78 is 12.3. The number of carbonyl (C=O) groups is 1. The second-order valence-electron chi connectivity index (χ2n) is 5.44. The van der Waals surface area contributed by atoms with E-state index in [1.165, 1.54) is 0 Å². The van der Waals surface area contributed by atoms with Crippen molar-refractivity contribution in [1.29, 1.82) is 0 Å². The molecule has 0 aromatic heterocycles. The summed E-state index contributed by atoms with van der Waals surface area (Å²) in [4.78, 5) is 20.3. The molecule has 1 amide bonds. The van der Waals surface area contributed by atoms with E-state index in [2.05, 4.69) is 27.3 Å². The van der Waals surface area contributed by atoms with Gasteiger partial charge in [-0.3, -0.25) is 9.79 Å². The predicted molar refractivity (Wildman–Crippen MR) is 109 cm³/mol. The number of aliphatic imine (C=N–C) groups is 2. The fourth-order valence-corrected chi connectivity index (χ4v) is 2.27. The van der Waals surface area contributed by atoms with Gasteiger partial charge in [0.05, 0.1) is 13.1 Å². The SMILES string of the molecule is C/C=C\C(=C/CF)CCCNCC(=O)NCCN=C(C)N=C(C)PC. The van der Waals surface area contributed by atoms with Gasteiger partial charge in [-0.1, -0.05) is 26.8 Å². The molecule has 0 aliphatic rings. The van der Waals surface area contributed by atoms with Crippen LogP contribution in [0.25, 0.3) is 0 Å². The molecular formula is C18H32FN4OP. The van der Waals surface area contributed by atoms with Crippen LogP contribution in [0.1, 0.15) is 33.6 Å². The Hall–Kier alpha value is -1.39. The molecular weight excluding hydrogens is 338 g/mol. The minimum absolute atomic E-state index is 0.0458. The van der Waals surface area contributed by atoms with Crippen LogP contribution in [0.15, 0.2) is 33.8 Å². The quantitative estimate of drug-likeness (QED) is 0.182. The highest BCUT2D eigenvalue weighted by molar-refractivity contribution is 7.57. The average molecular weight is 370 g/mol. The third-order valence-electron chi connectivity index (χ3n) is 3.29. The number of hydrogen-bond donors (Lipinski definition) is 2. The molecule has 142 valence electrons. The number of nitrogens with one attached hydrogen (secondary N) is 2. The van der Waals surface area contributed by atoms with Crippen LogP contribution in [0, 0.1) is 0 Å². The normalized spacial score (nSPS) is 14.0. The number of nitrogens with zero attached hydrogens (tertiary/aromatic N) is 2. The van der Waals surface area contributed by atoms with Crippen molar-refractivity contribution in [2.24, 2.45) is 9.98 Å². The first-order valence-corrected chi connectivity index (χ1v) is 10.1. The number of hydrogen-bond acceptors (Lipinski definition) is 3. The van der Waals surface area contributed by atoms with Crippen LogP contribution in [-0.4, -0.2) is 56.7 Å². The van der Waals surface area contributed by atoms with Crippen molar-refractivity contribution in [3.8, 4) is 0 Å². The molecule has 1 unspecified atom stereocenters. The van der Waals surface area contributed by atoms with Gasteiger partial charge >= 0.3 is 0 Å². The van der Waals surface area contributed by atoms with Crippen molar-refractivity contribution >= 4 is 25.8 Å². The maximum absolute atomic E-state index is 12.3. The predicted octanol–water partition coefficient (Wildman–Crippen LogP) is 3.09. The zero-order chi connectivity index (χ0) is 18.9. The highest BCUT2D eigenvalue weighted by Crippen LogP contribution is 2.06. The molecule has 0 spiro atoms. The zero-order valence-corrected chi connectivity index (χ0v) is 16.9. The van der Waals surface area contributed by atoms with Crippen LogP contribution >= 0.6 is 8.58 Å². The first-order chi connectivity index (χ1) is 12.0. The number of amidine groups is 1. The lowest BCUT2D eigenvalue weighted by atomic mass is 10.1. The molecule has 0 bridgehead atoms. The lowest BCUT2D eigenvalue weighted by molar-refractivity contribution is -0.120. The Bertz CT molecular complexity index is 501. The van der Waals surface area contributed by atoms with Crippen molar-refractivity contribution in [3.05, 3.63) is 23.8 Å². The Kier molecular flexibility index (Phi) is 15.2. The third-order valence-corrected chi connectivity index (χ3v) is 4.13. The summed E-state index contributed by atoms with van der Waals surface area (Å²) in [5, 5.41) is 5.91. The molecule has 0 aliphatic heterocycles. The monoisotopic (exact) mass is 370 g/mol. The van der Waals surface area contributed by atoms with Gasteiger partial charge in [0.1, 0.15) is 12.5 Å². The smallest absolute Gasteiger partial charge is 0.234 e. The van der Waals surface area contributed by atoms with Gasteiger partial charge in [0.15, 0.2) is 0 Å². The van der Waals surface area contributed by atoms with E-state index in [0.717, 1.165) is 36.2 Å². The molecule has 1 atom stereocenters. The fraction of sp³-hybridized carbons (Fsp3) is 0.611. The summed E-state index contributed by atoms with van der Waals surface area (Å²) in [6.45, 7) is 9.44. The largest absolute Gasteiger partial charge is 0.353 e. The standard InChI is InChI=1S/C18H32FN4OP/c1-5-7-17(9-10-19)8-6-11-20-14-18(24)22-13-12-21-15(2)23-16(3)25-4/h5,7,9,20,25H,6,8,10-14H2,1-4H3,(H,22,24)/b7-5-,17-9+,21-15?,23-16?. The maximum atomic E-state index is 12.3. The molecule has 25 heavy (non-hydrogen) atoms. The van der Waals surface area contributed by atoms with Gasteiger partial charge in [-0.25, -0.2) is 9.38 Å². The molecule has 0 aromatic rings. The third kappa shape index (κ3) is 14.6. The van der Waals surface area contributed by atoms with Crippen LogP contribution in [-0.2, 0) is 4.79 Å². The zero-order valence-electron chi connectivity index (χ0n) is 15.9. The van der Waals surface area contributed by atoms with Gasteiger partial charge in [0, 0.05) is 12.0 Å². The molecule has 5 nitrogen and oxygen atoms in total. The first-order valence-electron chi connectivity index (χ1n) is 8.62. The van der Waals surface area contributed by atoms with Crippen molar-refractivity contribution in [2.75, 3.05) is 39.5 Å². The van der Waals surface area contributed by atoms with Crippen molar-refractivity contribution < 1.29 is 9.18 Å². The summed E-state index contributed by atoms with van der Waals surface area (Å²) in [5.41, 5.74) is 2.07. The molecule has 0 heterocycles. The fourth-order valence-electron chi connectivity index (χ4n) is 2.00. The average Bonchev–Trinajstić information content (AvgIpc) is 2.58. The minimum atomic E-state index is -0.443. The highest BCUT2D eigenvalue weighted by Gasteiger charge is 2.00. The van der Waals surface area contributed by atoms with E-state index in [0.29, 0.717) is 21.7 Å². The van der Waals surface area contributed by atoms with Gasteiger partial charge in [0.2, 0.25) is 5.91 Å². The minimum Gasteiger partial charge on any atom is -0.353 e. The molecule has 2 N–H and O–H groups in total. The van der Waals surface area contributed by atoms with E-state index in [9.17, 15) is 9.18 Å². The lowest BCUT2D eigenvalue weighted by Crippen LogP contribution is -2.35. The van der Waals surface area contributed by atoms with Crippen molar-refractivity contribution in [1.82, 2.24) is 10.6 Å². The van der Waals surface area contributed by atoms with Crippen LogP contribution < -0.4 is 10.6 Å². The summed E-state index contributed by atoms with van der Waals surface area (Å²) in [5.74, 6) is 0.702. The van der Waals surface area contributed by atoms with E-state index in [-0.39, 0.29) is 12.5 Å². The Balaban J connectivity index is 3.81. The topological polar surface area (TPSA) is 65.8 Å². The van der Waals surface area contributed by atoms with Crippen LogP contribution in [0.2, 0.25) is 0 Å². The molecule has 0 aromatic carbocycles. The van der Waals surface area contributed by atoms with E-state index >= 15 is 0 Å². The van der Waals surface area contributed by atoms with E-state index in [1.54, 1.807) is 6.08 Å². The Labute approximate surface area is 153 Å².